The second-order valence-corrected chi connectivity index (χ2v) is 7.42. The molecule has 1 aliphatic carbocycles. The Balaban J connectivity index is 2.05. The van der Waals surface area contributed by atoms with Gasteiger partial charge in [0, 0.05) is 18.6 Å². The van der Waals surface area contributed by atoms with Crippen molar-refractivity contribution >= 4 is 6.09 Å². The van der Waals surface area contributed by atoms with Crippen LogP contribution in [0.2, 0.25) is 0 Å². The minimum Gasteiger partial charge on any atom is -0.444 e. The van der Waals surface area contributed by atoms with E-state index < -0.39 is 5.60 Å². The van der Waals surface area contributed by atoms with Gasteiger partial charge >= 0.3 is 6.09 Å². The van der Waals surface area contributed by atoms with Crippen molar-refractivity contribution in [3.63, 3.8) is 0 Å². The molecule has 1 aliphatic heterocycles. The number of nitrogens with zero attached hydrogens (tertiary/aromatic N) is 1. The summed E-state index contributed by atoms with van der Waals surface area (Å²) in [5, 5.41) is 0. The van der Waals surface area contributed by atoms with E-state index in [4.69, 9.17) is 10.5 Å². The molecular formula is C16H30N2O2. The minimum atomic E-state index is -0.423. The van der Waals surface area contributed by atoms with E-state index in [-0.39, 0.29) is 18.2 Å². The summed E-state index contributed by atoms with van der Waals surface area (Å²) in [5.41, 5.74) is 5.72. The normalized spacial score (nSPS) is 29.3. The topological polar surface area (TPSA) is 55.6 Å². The first-order valence-electron chi connectivity index (χ1n) is 8.12. The zero-order valence-electron chi connectivity index (χ0n) is 13.2. The molecule has 116 valence electrons. The number of ether oxygens (including phenoxy) is 1. The van der Waals surface area contributed by atoms with Crippen LogP contribution in [-0.2, 0) is 4.74 Å². The van der Waals surface area contributed by atoms with Gasteiger partial charge in [-0.15, -0.1) is 0 Å². The predicted molar refractivity (Wildman–Crippen MR) is 80.5 cm³/mol. The summed E-state index contributed by atoms with van der Waals surface area (Å²) < 4.78 is 5.58. The Hall–Kier alpha value is -0.770. The highest BCUT2D eigenvalue weighted by Gasteiger charge is 2.37. The largest absolute Gasteiger partial charge is 0.444 e. The van der Waals surface area contributed by atoms with Gasteiger partial charge in [-0.05, 0) is 52.4 Å². The van der Waals surface area contributed by atoms with E-state index >= 15 is 0 Å². The Labute approximate surface area is 123 Å². The average Bonchev–Trinajstić information content (AvgIpc) is 2.37. The summed E-state index contributed by atoms with van der Waals surface area (Å²) in [4.78, 5) is 14.4. The van der Waals surface area contributed by atoms with Gasteiger partial charge in [0.1, 0.15) is 5.60 Å². The molecule has 0 aromatic carbocycles. The molecule has 2 atom stereocenters. The molecule has 0 aromatic heterocycles. The Morgan fingerprint density at radius 2 is 1.80 bits per heavy atom. The highest BCUT2D eigenvalue weighted by atomic mass is 16.6. The van der Waals surface area contributed by atoms with E-state index in [0.29, 0.717) is 5.92 Å². The third-order valence-corrected chi connectivity index (χ3v) is 4.51. The Kier molecular flexibility index (Phi) is 4.95. The van der Waals surface area contributed by atoms with E-state index in [0.717, 1.165) is 19.4 Å². The van der Waals surface area contributed by atoms with E-state index in [1.165, 1.54) is 32.1 Å². The number of carbonyl (C=O) groups excluding carboxylic acids is 1. The van der Waals surface area contributed by atoms with Crippen LogP contribution < -0.4 is 5.73 Å². The summed E-state index contributed by atoms with van der Waals surface area (Å²) in [5.74, 6) is 0.614. The van der Waals surface area contributed by atoms with Crippen LogP contribution >= 0.6 is 0 Å². The van der Waals surface area contributed by atoms with Crippen molar-refractivity contribution in [1.82, 2.24) is 4.90 Å². The molecule has 2 unspecified atom stereocenters. The quantitative estimate of drug-likeness (QED) is 0.803. The highest BCUT2D eigenvalue weighted by Crippen LogP contribution is 2.34. The van der Waals surface area contributed by atoms with Crippen LogP contribution in [-0.4, -0.2) is 35.2 Å². The molecule has 2 fully saturated rings. The first kappa shape index (κ1) is 15.6. The van der Waals surface area contributed by atoms with E-state index in [1.807, 2.05) is 25.7 Å². The molecule has 4 heteroatoms. The molecular weight excluding hydrogens is 252 g/mol. The van der Waals surface area contributed by atoms with Crippen LogP contribution in [0.3, 0.4) is 0 Å². The average molecular weight is 282 g/mol. The maximum atomic E-state index is 12.4. The first-order chi connectivity index (χ1) is 9.37. The van der Waals surface area contributed by atoms with Crippen LogP contribution in [0.1, 0.15) is 65.7 Å². The predicted octanol–water partition coefficient (Wildman–Crippen LogP) is 3.29. The number of amides is 1. The zero-order valence-corrected chi connectivity index (χ0v) is 13.2. The first-order valence-corrected chi connectivity index (χ1v) is 8.12. The van der Waals surface area contributed by atoms with Gasteiger partial charge in [-0.1, -0.05) is 19.3 Å². The van der Waals surface area contributed by atoms with Crippen LogP contribution in [0.15, 0.2) is 0 Å². The van der Waals surface area contributed by atoms with Crippen molar-refractivity contribution in [3.05, 3.63) is 0 Å². The Morgan fingerprint density at radius 1 is 1.15 bits per heavy atom. The summed E-state index contributed by atoms with van der Waals surface area (Å²) >= 11 is 0. The van der Waals surface area contributed by atoms with E-state index in [1.54, 1.807) is 0 Å². The van der Waals surface area contributed by atoms with Crippen LogP contribution in [0, 0.1) is 5.92 Å². The molecule has 4 nitrogen and oxygen atoms in total. The fourth-order valence-electron chi connectivity index (χ4n) is 3.54. The number of carbonyl (C=O) groups is 1. The van der Waals surface area contributed by atoms with Crippen molar-refractivity contribution < 1.29 is 9.53 Å². The Bertz CT molecular complexity index is 332. The monoisotopic (exact) mass is 282 g/mol. The maximum absolute atomic E-state index is 12.4. The summed E-state index contributed by atoms with van der Waals surface area (Å²) in [6.45, 7) is 6.53. The van der Waals surface area contributed by atoms with Crippen molar-refractivity contribution in [2.75, 3.05) is 6.54 Å². The molecule has 2 aliphatic rings. The molecule has 1 amide bonds. The maximum Gasteiger partial charge on any atom is 0.410 e. The highest BCUT2D eigenvalue weighted by molar-refractivity contribution is 5.68. The lowest BCUT2D eigenvalue weighted by Crippen LogP contribution is -2.54. The van der Waals surface area contributed by atoms with Gasteiger partial charge in [-0.25, -0.2) is 4.79 Å². The standard InChI is InChI=1S/C16H30N2O2/c1-16(2,3)20-15(19)18-10-9-13(17)11-14(18)12-7-5-4-6-8-12/h12-14H,4-11,17H2,1-3H3. The number of piperidine rings is 1. The second kappa shape index (κ2) is 6.33. The number of rotatable bonds is 1. The van der Waals surface area contributed by atoms with Gasteiger partial charge in [-0.3, -0.25) is 0 Å². The molecule has 20 heavy (non-hydrogen) atoms. The number of nitrogens with two attached hydrogens (primary N) is 1. The lowest BCUT2D eigenvalue weighted by molar-refractivity contribution is -0.00369. The summed E-state index contributed by atoms with van der Waals surface area (Å²) in [7, 11) is 0. The molecule has 0 aromatic rings. The molecule has 1 heterocycles. The third kappa shape index (κ3) is 4.11. The van der Waals surface area contributed by atoms with Crippen LogP contribution in [0.5, 0.6) is 0 Å². The third-order valence-electron chi connectivity index (χ3n) is 4.51. The molecule has 0 bridgehead atoms. The molecule has 0 radical (unpaired) electrons. The fraction of sp³-hybridized carbons (Fsp3) is 0.938. The van der Waals surface area contributed by atoms with E-state index in [9.17, 15) is 4.79 Å². The lowest BCUT2D eigenvalue weighted by Gasteiger charge is -2.43. The smallest absolute Gasteiger partial charge is 0.410 e. The molecule has 1 saturated heterocycles. The second-order valence-electron chi connectivity index (χ2n) is 7.42. The van der Waals surface area contributed by atoms with Gasteiger partial charge in [0.2, 0.25) is 0 Å². The van der Waals surface area contributed by atoms with E-state index in [2.05, 4.69) is 0 Å². The van der Waals surface area contributed by atoms with Crippen LogP contribution in [0.25, 0.3) is 0 Å². The van der Waals surface area contributed by atoms with Crippen molar-refractivity contribution in [1.29, 1.82) is 0 Å². The number of hydrogen-bond donors (Lipinski definition) is 1. The fourth-order valence-corrected chi connectivity index (χ4v) is 3.54. The summed E-state index contributed by atoms with van der Waals surface area (Å²) in [6, 6.07) is 0.523. The SMILES string of the molecule is CC(C)(C)OC(=O)N1CCC(N)CC1C1CCCCC1. The lowest BCUT2D eigenvalue weighted by atomic mass is 9.79. The van der Waals surface area contributed by atoms with Crippen molar-refractivity contribution in [2.45, 2.75) is 83.4 Å². The minimum absolute atomic E-state index is 0.153. The van der Waals surface area contributed by atoms with Gasteiger partial charge < -0.3 is 15.4 Å². The summed E-state index contributed by atoms with van der Waals surface area (Å²) in [6.07, 6.45) is 8.05. The van der Waals surface area contributed by atoms with Gasteiger partial charge in [0.25, 0.3) is 0 Å². The van der Waals surface area contributed by atoms with Crippen molar-refractivity contribution in [2.24, 2.45) is 11.7 Å². The number of likely N-dealkylation sites (tertiary alicyclic amines) is 1. The molecule has 1 saturated carbocycles. The molecule has 2 N–H and O–H groups in total. The molecule has 2 rings (SSSR count). The number of hydrogen-bond acceptors (Lipinski definition) is 3. The van der Waals surface area contributed by atoms with Crippen molar-refractivity contribution in [3.8, 4) is 0 Å². The Morgan fingerprint density at radius 3 is 2.40 bits per heavy atom. The molecule has 0 spiro atoms. The zero-order chi connectivity index (χ0) is 14.8. The van der Waals surface area contributed by atoms with Crippen LogP contribution in [0.4, 0.5) is 4.79 Å². The van der Waals surface area contributed by atoms with Gasteiger partial charge in [0.15, 0.2) is 0 Å². The van der Waals surface area contributed by atoms with Gasteiger partial charge in [-0.2, -0.15) is 0 Å². The van der Waals surface area contributed by atoms with Gasteiger partial charge in [0.05, 0.1) is 0 Å².